The summed E-state index contributed by atoms with van der Waals surface area (Å²) in [4.78, 5) is 17.9. The summed E-state index contributed by atoms with van der Waals surface area (Å²) in [7, 11) is 0. The molecule has 4 heteroatoms. The molecule has 0 radical (unpaired) electrons. The van der Waals surface area contributed by atoms with Crippen molar-refractivity contribution in [3.8, 4) is 0 Å². The van der Waals surface area contributed by atoms with E-state index in [0.29, 0.717) is 12.2 Å². The maximum absolute atomic E-state index is 12.3. The predicted octanol–water partition coefficient (Wildman–Crippen LogP) is 3.76. The van der Waals surface area contributed by atoms with Crippen LogP contribution < -0.4 is 0 Å². The van der Waals surface area contributed by atoms with Gasteiger partial charge in [0.25, 0.3) is 0 Å². The number of ketones is 1. The van der Waals surface area contributed by atoms with E-state index in [4.69, 9.17) is 0 Å². The van der Waals surface area contributed by atoms with E-state index in [1.54, 1.807) is 11.3 Å². The van der Waals surface area contributed by atoms with Crippen LogP contribution in [0.4, 0.5) is 0 Å². The number of hydrogen-bond donors (Lipinski definition) is 0. The number of aryl methyl sites for hydroxylation is 2. The highest BCUT2D eigenvalue weighted by molar-refractivity contribution is 7.11. The van der Waals surface area contributed by atoms with Crippen LogP contribution in [0, 0.1) is 19.3 Å². The number of aromatic nitrogens is 2. The van der Waals surface area contributed by atoms with Crippen LogP contribution in [-0.2, 0) is 13.0 Å². The van der Waals surface area contributed by atoms with Crippen molar-refractivity contribution in [2.75, 3.05) is 0 Å². The summed E-state index contributed by atoms with van der Waals surface area (Å²) in [6.07, 6.45) is 3.57. The average Bonchev–Trinajstić information content (AvgIpc) is 2.86. The average molecular weight is 288 g/mol. The van der Waals surface area contributed by atoms with Crippen molar-refractivity contribution >= 4 is 17.1 Å². The summed E-state index contributed by atoms with van der Waals surface area (Å²) in [5.74, 6) is 0.290. The Morgan fingerprint density at radius 3 is 2.75 bits per heavy atom. The van der Waals surface area contributed by atoms with E-state index in [9.17, 15) is 4.79 Å². The van der Waals surface area contributed by atoms with Crippen molar-refractivity contribution < 1.29 is 4.79 Å². The number of hydrogen-bond acceptors (Lipinski definition) is 3. The molecular weight excluding hydrogens is 268 g/mol. The molecule has 1 aliphatic carbocycles. The van der Waals surface area contributed by atoms with E-state index in [2.05, 4.69) is 36.4 Å². The first-order valence-corrected chi connectivity index (χ1v) is 7.81. The van der Waals surface area contributed by atoms with Crippen molar-refractivity contribution in [3.05, 3.63) is 39.1 Å². The quantitative estimate of drug-likeness (QED) is 0.843. The summed E-state index contributed by atoms with van der Waals surface area (Å²) in [5.41, 5.74) is 3.38. The van der Waals surface area contributed by atoms with Crippen molar-refractivity contribution in [2.45, 2.75) is 47.1 Å². The molecular formula is C16H20N2OS. The Morgan fingerprint density at radius 1 is 1.35 bits per heavy atom. The molecule has 0 aliphatic heterocycles. The minimum absolute atomic E-state index is 0.0657. The molecule has 0 saturated heterocycles. The van der Waals surface area contributed by atoms with Crippen LogP contribution in [0.2, 0.25) is 0 Å². The molecule has 106 valence electrons. The molecule has 2 aromatic rings. The van der Waals surface area contributed by atoms with Gasteiger partial charge < -0.3 is 4.57 Å². The first kappa shape index (κ1) is 13.6. The van der Waals surface area contributed by atoms with Gasteiger partial charge in [0.2, 0.25) is 0 Å². The monoisotopic (exact) mass is 288 g/mol. The fourth-order valence-corrected chi connectivity index (χ4v) is 3.84. The Balaban J connectivity index is 2.02. The lowest BCUT2D eigenvalue weighted by Gasteiger charge is -2.29. The molecule has 2 aromatic heterocycles. The van der Waals surface area contributed by atoms with Crippen molar-refractivity contribution in [1.29, 1.82) is 0 Å². The van der Waals surface area contributed by atoms with Gasteiger partial charge in [-0.05, 0) is 31.7 Å². The van der Waals surface area contributed by atoms with Crippen LogP contribution in [0.5, 0.6) is 0 Å². The third kappa shape index (κ3) is 2.33. The van der Waals surface area contributed by atoms with Crippen LogP contribution in [-0.4, -0.2) is 15.3 Å². The Bertz CT molecular complexity index is 679. The van der Waals surface area contributed by atoms with Crippen LogP contribution >= 0.6 is 11.3 Å². The van der Waals surface area contributed by atoms with Gasteiger partial charge in [-0.3, -0.25) is 4.79 Å². The first-order chi connectivity index (χ1) is 9.35. The molecule has 0 atom stereocenters. The second kappa shape index (κ2) is 4.55. The van der Waals surface area contributed by atoms with Gasteiger partial charge in [0, 0.05) is 34.4 Å². The Kier molecular flexibility index (Phi) is 3.09. The smallest absolute Gasteiger partial charge is 0.165 e. The number of Topliss-reactive ketones (excluding diaryl/α,β-unsaturated/α-hetero) is 1. The molecule has 3 nitrogen and oxygen atoms in total. The van der Waals surface area contributed by atoms with Crippen LogP contribution in [0.3, 0.4) is 0 Å². The molecule has 0 N–H and O–H groups in total. The maximum atomic E-state index is 12.3. The summed E-state index contributed by atoms with van der Waals surface area (Å²) in [5, 5.41) is 1.09. The van der Waals surface area contributed by atoms with Crippen molar-refractivity contribution in [2.24, 2.45) is 5.41 Å². The van der Waals surface area contributed by atoms with Crippen molar-refractivity contribution in [1.82, 2.24) is 9.55 Å². The third-order valence-electron chi connectivity index (χ3n) is 3.98. The molecule has 3 rings (SSSR count). The summed E-state index contributed by atoms with van der Waals surface area (Å²) < 4.78 is 2.29. The highest BCUT2D eigenvalue weighted by Crippen LogP contribution is 2.36. The van der Waals surface area contributed by atoms with Crippen molar-refractivity contribution in [3.63, 3.8) is 0 Å². The molecule has 0 unspecified atom stereocenters. The molecule has 2 heterocycles. The van der Waals surface area contributed by atoms with Gasteiger partial charge in [-0.2, -0.15) is 0 Å². The van der Waals surface area contributed by atoms with E-state index in [-0.39, 0.29) is 5.41 Å². The number of rotatable bonds is 2. The maximum Gasteiger partial charge on any atom is 0.165 e. The fourth-order valence-electron chi connectivity index (χ4n) is 3.06. The third-order valence-corrected chi connectivity index (χ3v) is 4.88. The van der Waals surface area contributed by atoms with Gasteiger partial charge in [-0.25, -0.2) is 4.98 Å². The summed E-state index contributed by atoms with van der Waals surface area (Å²) in [6, 6.07) is 2.06. The number of thiazole rings is 1. The molecule has 0 fully saturated rings. The van der Waals surface area contributed by atoms with Gasteiger partial charge in [-0.15, -0.1) is 11.3 Å². The van der Waals surface area contributed by atoms with E-state index < -0.39 is 0 Å². The SMILES string of the molecule is Cc1ncc(Cn2c(C)cc3c2CC(C)(C)CC3=O)s1. The first-order valence-electron chi connectivity index (χ1n) is 6.99. The van der Waals surface area contributed by atoms with Crippen LogP contribution in [0.1, 0.15) is 51.9 Å². The van der Waals surface area contributed by atoms with Crippen LogP contribution in [0.25, 0.3) is 0 Å². The lowest BCUT2D eigenvalue weighted by atomic mass is 9.76. The fraction of sp³-hybridized carbons (Fsp3) is 0.500. The Labute approximate surface area is 123 Å². The van der Waals surface area contributed by atoms with Gasteiger partial charge in [0.05, 0.1) is 11.6 Å². The van der Waals surface area contributed by atoms with E-state index in [1.807, 2.05) is 13.1 Å². The van der Waals surface area contributed by atoms with Gasteiger partial charge in [0.15, 0.2) is 5.78 Å². The number of nitrogens with zero attached hydrogens (tertiary/aromatic N) is 2. The van der Waals surface area contributed by atoms with Gasteiger partial charge in [0.1, 0.15) is 0 Å². The largest absolute Gasteiger partial charge is 0.343 e. The normalized spacial score (nSPS) is 17.3. The van der Waals surface area contributed by atoms with Gasteiger partial charge >= 0.3 is 0 Å². The zero-order valence-electron chi connectivity index (χ0n) is 12.5. The predicted molar refractivity (Wildman–Crippen MR) is 81.6 cm³/mol. The number of fused-ring (bicyclic) bond motifs is 1. The molecule has 1 aliphatic rings. The minimum Gasteiger partial charge on any atom is -0.343 e. The zero-order chi connectivity index (χ0) is 14.5. The number of carbonyl (C=O) groups is 1. The van der Waals surface area contributed by atoms with E-state index >= 15 is 0 Å². The number of carbonyl (C=O) groups excluding carboxylic acids is 1. The lowest BCUT2D eigenvalue weighted by Crippen LogP contribution is -2.28. The molecule has 0 spiro atoms. The zero-order valence-corrected chi connectivity index (χ0v) is 13.3. The Hall–Kier alpha value is -1.42. The van der Waals surface area contributed by atoms with E-state index in [1.165, 1.54) is 16.3 Å². The minimum atomic E-state index is 0.0657. The second-order valence-electron chi connectivity index (χ2n) is 6.52. The molecule has 0 saturated carbocycles. The topological polar surface area (TPSA) is 34.9 Å². The molecule has 0 bridgehead atoms. The molecule has 0 amide bonds. The Morgan fingerprint density at radius 2 is 2.10 bits per heavy atom. The van der Waals surface area contributed by atoms with Gasteiger partial charge in [-0.1, -0.05) is 13.8 Å². The summed E-state index contributed by atoms with van der Waals surface area (Å²) >= 11 is 1.73. The highest BCUT2D eigenvalue weighted by atomic mass is 32.1. The van der Waals surface area contributed by atoms with E-state index in [0.717, 1.165) is 23.5 Å². The van der Waals surface area contributed by atoms with Crippen LogP contribution in [0.15, 0.2) is 12.3 Å². The summed E-state index contributed by atoms with van der Waals surface area (Å²) in [6.45, 7) is 9.30. The lowest BCUT2D eigenvalue weighted by molar-refractivity contribution is 0.0910. The second-order valence-corrected chi connectivity index (χ2v) is 7.84. The highest BCUT2D eigenvalue weighted by Gasteiger charge is 2.33. The molecule has 20 heavy (non-hydrogen) atoms. The molecule has 0 aromatic carbocycles. The standard InChI is InChI=1S/C16H20N2OS/c1-10-5-13-14(6-16(3,4)7-15(13)19)18(10)9-12-8-17-11(2)20-12/h5,8H,6-7,9H2,1-4H3.